The Labute approximate surface area is 469 Å². The molecule has 0 bridgehead atoms. The summed E-state index contributed by atoms with van der Waals surface area (Å²) in [4.78, 5) is 90.3. The third-order valence-electron chi connectivity index (χ3n) is 13.3. The van der Waals surface area contributed by atoms with Crippen molar-refractivity contribution in [3.8, 4) is 31.9 Å². The molecule has 422 valence electrons. The van der Waals surface area contributed by atoms with Gasteiger partial charge in [-0.25, -0.2) is 19.3 Å². The van der Waals surface area contributed by atoms with Gasteiger partial charge in [-0.15, -0.1) is 0 Å². The van der Waals surface area contributed by atoms with Gasteiger partial charge >= 0.3 is 0 Å². The number of nitrogens with one attached hydrogen (secondary N) is 4. The topological polar surface area (TPSA) is 255 Å². The highest BCUT2D eigenvalue weighted by atomic mass is 32.1. The molecule has 78 heavy (non-hydrogen) atoms. The molecule has 6 aromatic heterocycles. The number of thiazole rings is 3. The summed E-state index contributed by atoms with van der Waals surface area (Å²) in [5.74, 6) is 1.37. The molecular weight excluding hydrogens is 1060 g/mol. The van der Waals surface area contributed by atoms with Crippen LogP contribution in [0, 0.1) is 26.6 Å². The third kappa shape index (κ3) is 14.2. The van der Waals surface area contributed by atoms with Crippen molar-refractivity contribution in [2.75, 3.05) is 48.7 Å². The molecule has 23 heteroatoms. The highest BCUT2D eigenvalue weighted by molar-refractivity contribution is 7.19. The minimum absolute atomic E-state index is 0. The summed E-state index contributed by atoms with van der Waals surface area (Å²) in [7, 11) is 0. The van der Waals surface area contributed by atoms with Gasteiger partial charge < -0.3 is 49.4 Å². The predicted molar refractivity (Wildman–Crippen MR) is 307 cm³/mol. The van der Waals surface area contributed by atoms with Crippen LogP contribution in [0.15, 0.2) is 73.9 Å². The molecule has 5 N–H and O–H groups in total. The van der Waals surface area contributed by atoms with Gasteiger partial charge in [-0.05, 0) is 120 Å². The average Bonchev–Trinajstić information content (AvgIpc) is 4.30. The number of carbonyl (C=O) groups excluding carboxylic acids is 6. The summed E-state index contributed by atoms with van der Waals surface area (Å²) < 4.78 is 30.5. The van der Waals surface area contributed by atoms with E-state index in [1.165, 1.54) is 73.3 Å². The zero-order valence-corrected chi connectivity index (χ0v) is 46.7. The van der Waals surface area contributed by atoms with Gasteiger partial charge in [0, 0.05) is 60.0 Å². The van der Waals surface area contributed by atoms with Gasteiger partial charge in [0.2, 0.25) is 17.7 Å². The summed E-state index contributed by atoms with van der Waals surface area (Å²) >= 11 is 3.94. The number of benzene rings is 1. The van der Waals surface area contributed by atoms with Crippen LogP contribution in [0.5, 0.6) is 0 Å². The lowest BCUT2D eigenvalue weighted by atomic mass is 9.90. The number of aliphatic hydroxyl groups excluding tert-OH is 1. The minimum atomic E-state index is -0.539. The smallest absolute Gasteiger partial charge is 0.289 e. The van der Waals surface area contributed by atoms with E-state index >= 15 is 0 Å². The number of halogens is 1. The minimum Gasteiger partial charge on any atom is -0.450 e. The van der Waals surface area contributed by atoms with Gasteiger partial charge in [0.15, 0.2) is 32.7 Å². The highest BCUT2D eigenvalue weighted by Crippen LogP contribution is 2.38. The van der Waals surface area contributed by atoms with Crippen molar-refractivity contribution in [2.24, 2.45) is 0 Å². The van der Waals surface area contributed by atoms with Crippen LogP contribution in [0.3, 0.4) is 0 Å². The van der Waals surface area contributed by atoms with Crippen LogP contribution in [-0.4, -0.2) is 104 Å². The quantitative estimate of drug-likeness (QED) is 0.0764. The lowest BCUT2D eigenvalue weighted by molar-refractivity contribution is -0.115. The van der Waals surface area contributed by atoms with E-state index in [4.69, 9.17) is 13.3 Å². The molecule has 1 atom stereocenters. The maximum absolute atomic E-state index is 13.2. The molecule has 19 nitrogen and oxygen atoms in total. The molecule has 0 radical (unpaired) electrons. The Morgan fingerprint density at radius 1 is 0.603 bits per heavy atom. The molecule has 1 aromatic carbocycles. The molecule has 3 aliphatic rings. The second kappa shape index (κ2) is 25.4. The van der Waals surface area contributed by atoms with E-state index in [9.17, 15) is 38.3 Å². The molecular formula is C55H72FN9O10S3. The predicted octanol–water partition coefficient (Wildman–Crippen LogP) is 12.1. The summed E-state index contributed by atoms with van der Waals surface area (Å²) in [5, 5.41) is 22.0. The molecule has 1 saturated carbocycles. The molecule has 1 aliphatic carbocycles. The number of furan rings is 3. The Morgan fingerprint density at radius 2 is 1.03 bits per heavy atom. The van der Waals surface area contributed by atoms with Crippen molar-refractivity contribution in [1.82, 2.24) is 30.1 Å². The van der Waals surface area contributed by atoms with Crippen LogP contribution in [0.4, 0.5) is 19.8 Å². The number of likely N-dealkylation sites (tertiary alicyclic amines) is 2. The van der Waals surface area contributed by atoms with E-state index in [2.05, 4.69) is 36.2 Å². The first kappa shape index (κ1) is 56.9. The van der Waals surface area contributed by atoms with Gasteiger partial charge in [0.1, 0.15) is 23.1 Å². The van der Waals surface area contributed by atoms with Crippen LogP contribution in [0.1, 0.15) is 146 Å². The molecule has 8 heterocycles. The molecule has 2 aliphatic heterocycles. The molecule has 2 saturated heterocycles. The van der Waals surface area contributed by atoms with Crippen LogP contribution >= 0.6 is 34.0 Å². The summed E-state index contributed by atoms with van der Waals surface area (Å²) in [6.07, 6.45) is 8.67. The van der Waals surface area contributed by atoms with Crippen molar-refractivity contribution in [2.45, 2.75) is 111 Å². The highest BCUT2D eigenvalue weighted by Gasteiger charge is 2.36. The maximum atomic E-state index is 13.2. The number of anilines is 3. The Morgan fingerprint density at radius 3 is 1.47 bits per heavy atom. The van der Waals surface area contributed by atoms with Gasteiger partial charge in [-0.1, -0.05) is 59.0 Å². The van der Waals surface area contributed by atoms with E-state index < -0.39 is 5.54 Å². The Kier molecular flexibility index (Phi) is 18.5. The summed E-state index contributed by atoms with van der Waals surface area (Å²) in [5.41, 5.74) is 2.72. The monoisotopic (exact) mass is 1130 g/mol. The summed E-state index contributed by atoms with van der Waals surface area (Å²) in [6.45, 7) is 12.6. The van der Waals surface area contributed by atoms with Crippen molar-refractivity contribution in [3.05, 3.63) is 106 Å². The number of piperidine rings is 2. The van der Waals surface area contributed by atoms with E-state index in [0.29, 0.717) is 51.5 Å². The zero-order valence-electron chi connectivity index (χ0n) is 44.2. The molecule has 0 spiro atoms. The molecule has 1 unspecified atom stereocenters. The second-order valence-electron chi connectivity index (χ2n) is 19.4. The normalized spacial score (nSPS) is 15.8. The van der Waals surface area contributed by atoms with Crippen LogP contribution < -0.4 is 21.3 Å². The number of hydrogen-bond acceptors (Lipinski definition) is 16. The first-order valence-electron chi connectivity index (χ1n) is 25.7. The fourth-order valence-corrected chi connectivity index (χ4v) is 12.4. The van der Waals surface area contributed by atoms with E-state index in [1.807, 2.05) is 25.7 Å². The number of aliphatic hydroxyl groups is 1. The zero-order chi connectivity index (χ0) is 55.7. The molecule has 3 fully saturated rings. The van der Waals surface area contributed by atoms with Crippen molar-refractivity contribution in [1.29, 1.82) is 0 Å². The van der Waals surface area contributed by atoms with Crippen LogP contribution in [0.2, 0.25) is 0 Å². The van der Waals surface area contributed by atoms with Crippen LogP contribution in [-0.2, 0) is 14.4 Å². The van der Waals surface area contributed by atoms with Gasteiger partial charge in [0.05, 0.1) is 43.9 Å². The summed E-state index contributed by atoms with van der Waals surface area (Å²) in [6, 6.07) is 16.8. The van der Waals surface area contributed by atoms with Gasteiger partial charge in [-0.2, -0.15) is 0 Å². The fourth-order valence-electron chi connectivity index (χ4n) is 9.47. The number of nitrogens with zero attached hydrogens (tertiary/aromatic N) is 5. The largest absolute Gasteiger partial charge is 0.450 e. The van der Waals surface area contributed by atoms with Gasteiger partial charge in [0.25, 0.3) is 17.7 Å². The number of aromatic nitrogens is 3. The Hall–Kier alpha value is -7.34. The fraction of sp³-hybridized carbons (Fsp3) is 0.400. The maximum Gasteiger partial charge on any atom is 0.289 e. The van der Waals surface area contributed by atoms with E-state index in [-0.39, 0.29) is 72.4 Å². The number of carbonyl (C=O) groups is 6. The van der Waals surface area contributed by atoms with Crippen molar-refractivity contribution in [3.63, 3.8) is 0 Å². The van der Waals surface area contributed by atoms with E-state index in [1.54, 1.807) is 53.4 Å². The number of hydrogen-bond donors (Lipinski definition) is 5. The standard InChI is InChI=1S/C22H22FN3O3S.C17H21N3O4S.C16H19N3O3S.5H2/c1-13-20(30-22(24-13)25-14(2)27)18-9-10-19(29-18)21(28)26-11-3-4-16(12-26)15-5-7-17(23)8-6-15;1-10-14(25-16(18-10)19-11(2)22)12-5-6-13(24-12)15(23)20-17(9-21)7-3-4-8-17;1-10-14(23-16(17-10)18-11(2)20)12-6-7-13(22-12)15(21)19-8-4-3-5-9-19;;;;;/h5-10,16H,3-4,11-12H2,1-2H3,(H,24,25,27);5-6,21H,3-4,7-9H2,1-2H3,(H,20,23)(H,18,19,22);6-7H,3-5,8-9H2,1-2H3,(H,17,18,20);5*1H. The Bertz CT molecular complexity index is 3290. The van der Waals surface area contributed by atoms with Crippen molar-refractivity contribution >= 4 is 84.8 Å². The second-order valence-corrected chi connectivity index (χ2v) is 22.4. The molecule has 6 amide bonds. The van der Waals surface area contributed by atoms with Gasteiger partial charge in [-0.3, -0.25) is 28.8 Å². The van der Waals surface area contributed by atoms with E-state index in [0.717, 1.165) is 102 Å². The number of aryl methyl sites for hydroxylation is 3. The average molecular weight is 1130 g/mol. The Balaban J connectivity index is 0.000000320. The number of amides is 6. The third-order valence-corrected chi connectivity index (χ3v) is 16.6. The molecule has 7 aromatic rings. The van der Waals surface area contributed by atoms with Crippen LogP contribution in [0.25, 0.3) is 31.9 Å². The number of rotatable bonds is 12. The SMILES string of the molecule is CC(=O)Nc1nc(C)c(-c2ccc(C(=O)N3CCCC(c4ccc(F)cc4)C3)o2)s1.CC(=O)Nc1nc(C)c(-c2ccc(C(=O)N3CCCCC3)o2)s1.CC(=O)Nc1nc(C)c(-c2ccc(C(=O)NC3(CO)CCCC3)o2)s1.[HH].[HH].[HH].[HH].[HH]. The van der Waals surface area contributed by atoms with Crippen molar-refractivity contribution < 1.29 is 58.6 Å². The lowest BCUT2D eigenvalue weighted by Crippen LogP contribution is -2.49. The lowest BCUT2D eigenvalue weighted by Gasteiger charge is -2.32. The molecule has 10 rings (SSSR count). The first-order chi connectivity index (χ1) is 37.4. The first-order valence-corrected chi connectivity index (χ1v) is 28.2.